The molecule has 0 bridgehead atoms. The zero-order valence-corrected chi connectivity index (χ0v) is 20.5. The zero-order valence-electron chi connectivity index (χ0n) is 20.5. The maximum Gasteiger partial charge on any atom is 0.225 e. The van der Waals surface area contributed by atoms with Gasteiger partial charge < -0.3 is 4.90 Å². The number of aliphatic imine (C=N–C) groups is 2. The average molecular weight is 465 g/mol. The summed E-state index contributed by atoms with van der Waals surface area (Å²) in [5.41, 5.74) is 6.09. The fourth-order valence-corrected chi connectivity index (χ4v) is 5.71. The lowest BCUT2D eigenvalue weighted by Gasteiger charge is -2.55. The topological polar surface area (TPSA) is 57.0 Å². The van der Waals surface area contributed by atoms with E-state index in [-0.39, 0.29) is 5.54 Å². The van der Waals surface area contributed by atoms with Crippen LogP contribution in [0.4, 0.5) is 5.69 Å². The molecule has 1 aliphatic carbocycles. The Morgan fingerprint density at radius 2 is 1.91 bits per heavy atom. The second kappa shape index (κ2) is 8.22. The van der Waals surface area contributed by atoms with Gasteiger partial charge in [-0.2, -0.15) is 0 Å². The molecule has 0 N–H and O–H groups in total. The molecular weight excluding hydrogens is 434 g/mol. The van der Waals surface area contributed by atoms with Gasteiger partial charge >= 0.3 is 0 Å². The summed E-state index contributed by atoms with van der Waals surface area (Å²) in [5.74, 6) is 0. The summed E-state index contributed by atoms with van der Waals surface area (Å²) < 4.78 is 0.418. The van der Waals surface area contributed by atoms with Crippen molar-refractivity contribution in [2.75, 3.05) is 25.6 Å². The number of allylic oxidation sites excluding steroid dienone is 1. The van der Waals surface area contributed by atoms with Gasteiger partial charge in [0.15, 0.2) is 6.20 Å². The molecule has 0 saturated heterocycles. The molecule has 0 radical (unpaired) electrons. The van der Waals surface area contributed by atoms with Crippen LogP contribution in [0.15, 0.2) is 82.9 Å². The molecule has 2 aromatic heterocycles. The van der Waals surface area contributed by atoms with Gasteiger partial charge in [-0.1, -0.05) is 12.1 Å². The molecule has 1 unspecified atom stereocenters. The normalized spacial score (nSPS) is 21.8. The van der Waals surface area contributed by atoms with E-state index >= 15 is 0 Å². The lowest BCUT2D eigenvalue weighted by molar-refractivity contribution is -0.751. The lowest BCUT2D eigenvalue weighted by Crippen LogP contribution is -2.70. The van der Waals surface area contributed by atoms with Gasteiger partial charge in [-0.15, -0.1) is 4.59 Å². The first-order valence-corrected chi connectivity index (χ1v) is 12.1. The van der Waals surface area contributed by atoms with Crippen LogP contribution in [0.3, 0.4) is 0 Å². The Kier molecular flexibility index (Phi) is 5.12. The molecule has 7 heteroatoms. The van der Waals surface area contributed by atoms with E-state index in [9.17, 15) is 0 Å². The molecule has 1 fully saturated rings. The molecule has 4 heterocycles. The van der Waals surface area contributed by atoms with E-state index in [4.69, 9.17) is 4.98 Å². The molecule has 35 heavy (non-hydrogen) atoms. The minimum absolute atomic E-state index is 0.0320. The van der Waals surface area contributed by atoms with Crippen LogP contribution in [0.5, 0.6) is 0 Å². The number of hydrogen-bond acceptors (Lipinski definition) is 6. The molecule has 0 spiro atoms. The summed E-state index contributed by atoms with van der Waals surface area (Å²) in [7, 11) is 4.32. The number of hydrogen-bond donors (Lipinski definition) is 0. The van der Waals surface area contributed by atoms with Gasteiger partial charge in [0.1, 0.15) is 5.54 Å². The van der Waals surface area contributed by atoms with Crippen LogP contribution in [0, 0.1) is 6.92 Å². The van der Waals surface area contributed by atoms with Gasteiger partial charge in [0, 0.05) is 18.1 Å². The van der Waals surface area contributed by atoms with Crippen molar-refractivity contribution in [3.63, 3.8) is 0 Å². The molecule has 2 aliphatic heterocycles. The molecule has 1 aromatic carbocycles. The van der Waals surface area contributed by atoms with Crippen molar-refractivity contribution in [1.29, 1.82) is 0 Å². The number of nitrogens with zero attached hydrogens (tertiary/aromatic N) is 7. The van der Waals surface area contributed by atoms with Gasteiger partial charge in [0.25, 0.3) is 0 Å². The second-order valence-electron chi connectivity index (χ2n) is 10.0. The van der Waals surface area contributed by atoms with Gasteiger partial charge in [0.2, 0.25) is 12.0 Å². The predicted molar refractivity (Wildman–Crippen MR) is 142 cm³/mol. The summed E-state index contributed by atoms with van der Waals surface area (Å²) in [6.07, 6.45) is 15.1. The Balaban J connectivity index is 1.54. The second-order valence-corrected chi connectivity index (χ2v) is 10.0. The molecule has 6 rings (SSSR count). The maximum absolute atomic E-state index is 5.07. The third-order valence-corrected chi connectivity index (χ3v) is 7.30. The first kappa shape index (κ1) is 21.8. The molecule has 1 saturated carbocycles. The number of quaternary nitrogens is 1. The molecule has 176 valence electrons. The highest BCUT2D eigenvalue weighted by atomic mass is 15.8. The first-order chi connectivity index (χ1) is 17.0. The minimum atomic E-state index is -0.0320. The van der Waals surface area contributed by atoms with Crippen molar-refractivity contribution in [3.05, 3.63) is 78.5 Å². The van der Waals surface area contributed by atoms with Crippen LogP contribution < -0.4 is 5.01 Å². The highest BCUT2D eigenvalue weighted by Gasteiger charge is 2.55. The van der Waals surface area contributed by atoms with Crippen LogP contribution >= 0.6 is 0 Å². The van der Waals surface area contributed by atoms with Crippen LogP contribution in [0.25, 0.3) is 22.3 Å². The van der Waals surface area contributed by atoms with E-state index < -0.39 is 0 Å². The summed E-state index contributed by atoms with van der Waals surface area (Å²) in [5, 5.41) is 3.69. The van der Waals surface area contributed by atoms with Crippen LogP contribution in [-0.4, -0.2) is 58.2 Å². The number of aryl methyl sites for hydroxylation is 1. The van der Waals surface area contributed by atoms with E-state index in [1.807, 2.05) is 49.3 Å². The number of aromatic nitrogens is 2. The molecule has 3 aromatic rings. The Hall–Kier alpha value is -3.68. The van der Waals surface area contributed by atoms with E-state index in [1.165, 1.54) is 12.0 Å². The molecule has 3 aliphatic rings. The van der Waals surface area contributed by atoms with Gasteiger partial charge in [0.05, 0.1) is 41.2 Å². The predicted octanol–water partition coefficient (Wildman–Crippen LogP) is 5.07. The van der Waals surface area contributed by atoms with Gasteiger partial charge in [-0.05, 0) is 76.2 Å². The first-order valence-electron chi connectivity index (χ1n) is 12.1. The Morgan fingerprint density at radius 1 is 1.03 bits per heavy atom. The van der Waals surface area contributed by atoms with Crippen molar-refractivity contribution in [2.45, 2.75) is 31.7 Å². The van der Waals surface area contributed by atoms with E-state index in [0.29, 0.717) is 4.59 Å². The van der Waals surface area contributed by atoms with Crippen molar-refractivity contribution in [1.82, 2.24) is 14.9 Å². The summed E-state index contributed by atoms with van der Waals surface area (Å²) in [6.45, 7) is 3.10. The quantitative estimate of drug-likeness (QED) is 0.478. The van der Waals surface area contributed by atoms with Crippen molar-refractivity contribution < 1.29 is 4.59 Å². The number of anilines is 1. The van der Waals surface area contributed by atoms with Gasteiger partial charge in [-0.3, -0.25) is 9.98 Å². The third-order valence-electron chi connectivity index (χ3n) is 7.30. The number of fused-ring (bicyclic) bond motifs is 2. The molecule has 1 atom stereocenters. The van der Waals surface area contributed by atoms with Crippen molar-refractivity contribution in [3.8, 4) is 11.4 Å². The largest absolute Gasteiger partial charge is 0.307 e. The minimum Gasteiger partial charge on any atom is -0.307 e. The number of pyridine rings is 2. The SMILES string of the molecule is Cc1cc(-c2ccccn2)nc2cc(N(C3(CN(C)C)CCC3)[N+]34C=CN=CC3=CN=C4)ccc12. The van der Waals surface area contributed by atoms with Gasteiger partial charge in [-0.25, -0.2) is 15.0 Å². The van der Waals surface area contributed by atoms with Crippen molar-refractivity contribution in [2.24, 2.45) is 9.98 Å². The smallest absolute Gasteiger partial charge is 0.225 e. The summed E-state index contributed by atoms with van der Waals surface area (Å²) in [4.78, 5) is 20.9. The van der Waals surface area contributed by atoms with E-state index in [1.54, 1.807) is 0 Å². The molecule has 7 nitrogen and oxygen atoms in total. The Labute approximate surface area is 206 Å². The Morgan fingerprint density at radius 3 is 2.66 bits per heavy atom. The number of rotatable bonds is 6. The zero-order chi connectivity index (χ0) is 24.0. The van der Waals surface area contributed by atoms with Crippen LogP contribution in [0.1, 0.15) is 24.8 Å². The summed E-state index contributed by atoms with van der Waals surface area (Å²) >= 11 is 0. The fraction of sp³-hybridized carbons (Fsp3) is 0.286. The number of benzene rings is 1. The summed E-state index contributed by atoms with van der Waals surface area (Å²) in [6, 6.07) is 14.8. The highest BCUT2D eigenvalue weighted by molar-refractivity contribution is 5.88. The molecule has 0 amide bonds. The maximum atomic E-state index is 5.07. The average Bonchev–Trinajstić information content (AvgIpc) is 3.27. The van der Waals surface area contributed by atoms with Crippen LogP contribution in [0.2, 0.25) is 0 Å². The molecular formula is C28H30N7+. The lowest BCUT2D eigenvalue weighted by atomic mass is 9.75. The van der Waals surface area contributed by atoms with E-state index in [2.05, 4.69) is 76.4 Å². The van der Waals surface area contributed by atoms with Crippen molar-refractivity contribution >= 4 is 29.1 Å². The Bertz CT molecular complexity index is 1400. The van der Waals surface area contributed by atoms with Crippen LogP contribution in [-0.2, 0) is 0 Å². The van der Waals surface area contributed by atoms with E-state index in [0.717, 1.165) is 53.1 Å². The fourth-order valence-electron chi connectivity index (χ4n) is 5.71. The highest BCUT2D eigenvalue weighted by Crippen LogP contribution is 2.47. The standard InChI is InChI=1S/C28H30N7/c1-21-15-27(25-7-4-5-12-31-25)32-26-16-22(8-9-24(21)26)34(28(10-6-11-28)19-33(2)3)35-14-13-29-17-23(35)18-30-20-35/h4-5,7-9,12-18,20H,6,10-11,19H2,1-3H3/q+1. The monoisotopic (exact) mass is 464 g/mol. The third kappa shape index (κ3) is 3.50. The number of likely N-dealkylation sites (N-methyl/N-ethyl adjacent to an activating group) is 1.